The van der Waals surface area contributed by atoms with Gasteiger partial charge >= 0.3 is 12.1 Å². The number of ether oxygens (including phenoxy) is 3. The summed E-state index contributed by atoms with van der Waals surface area (Å²) >= 11 is 6.37. The van der Waals surface area contributed by atoms with Crippen molar-refractivity contribution in [2.24, 2.45) is 0 Å². The van der Waals surface area contributed by atoms with Crippen LogP contribution in [0.4, 0.5) is 17.6 Å². The summed E-state index contributed by atoms with van der Waals surface area (Å²) in [7, 11) is 0. The number of hydrogen-bond donors (Lipinski definition) is 0. The molecular formula is C34H30ClF4N5O4. The minimum atomic E-state index is -4.72. The average molecular weight is 684 g/mol. The van der Waals surface area contributed by atoms with E-state index < -0.39 is 23.7 Å². The molecule has 2 atom stereocenters. The Bertz CT molecular complexity index is 2000. The summed E-state index contributed by atoms with van der Waals surface area (Å²) in [5.74, 6) is -0.763. The topological polar surface area (TPSA) is 87.7 Å². The van der Waals surface area contributed by atoms with Crippen LogP contribution in [0.15, 0.2) is 59.1 Å². The van der Waals surface area contributed by atoms with Gasteiger partial charge in [-0.25, -0.2) is 9.37 Å². The molecule has 0 radical (unpaired) electrons. The maximum atomic E-state index is 13.7. The molecule has 250 valence electrons. The summed E-state index contributed by atoms with van der Waals surface area (Å²) in [6.07, 6.45) is -1.94. The molecule has 3 aliphatic heterocycles. The second kappa shape index (κ2) is 11.7. The molecule has 2 saturated heterocycles. The number of hydrogen-bond acceptors (Lipinski definition) is 8. The third-order valence-electron chi connectivity index (χ3n) is 9.36. The summed E-state index contributed by atoms with van der Waals surface area (Å²) in [5, 5.41) is 3.77. The van der Waals surface area contributed by atoms with Crippen LogP contribution in [0.1, 0.15) is 54.9 Å². The minimum Gasteiger partial charge on any atom is -0.444 e. The molecule has 8 rings (SSSR count). The summed E-state index contributed by atoms with van der Waals surface area (Å²) in [5.41, 5.74) is 3.49. The zero-order valence-corrected chi connectivity index (χ0v) is 26.5. The van der Waals surface area contributed by atoms with Gasteiger partial charge in [0.25, 0.3) is 5.79 Å². The maximum Gasteiger partial charge on any atom is 0.471 e. The van der Waals surface area contributed by atoms with E-state index in [9.17, 15) is 17.6 Å². The highest BCUT2D eigenvalue weighted by atomic mass is 35.5. The van der Waals surface area contributed by atoms with Crippen LogP contribution >= 0.6 is 11.6 Å². The van der Waals surface area contributed by atoms with E-state index in [0.717, 1.165) is 55.9 Å². The van der Waals surface area contributed by atoms with Gasteiger partial charge in [0.15, 0.2) is 11.5 Å². The molecule has 0 amide bonds. The molecule has 0 saturated carbocycles. The molecule has 0 bridgehead atoms. The Kier molecular flexibility index (Phi) is 7.61. The molecule has 48 heavy (non-hydrogen) atoms. The van der Waals surface area contributed by atoms with Gasteiger partial charge in [-0.3, -0.25) is 4.90 Å². The molecule has 5 heterocycles. The van der Waals surface area contributed by atoms with Crippen LogP contribution in [-0.4, -0.2) is 50.4 Å². The average Bonchev–Trinajstić information content (AvgIpc) is 3.74. The van der Waals surface area contributed by atoms with E-state index in [1.54, 1.807) is 25.1 Å². The monoisotopic (exact) mass is 683 g/mol. The first kappa shape index (κ1) is 31.1. The zero-order chi connectivity index (χ0) is 33.2. The number of rotatable bonds is 7. The predicted octanol–water partition coefficient (Wildman–Crippen LogP) is 7.71. The number of benzene rings is 3. The largest absolute Gasteiger partial charge is 0.471 e. The lowest BCUT2D eigenvalue weighted by atomic mass is 9.88. The number of likely N-dealkylation sites (tertiary alicyclic amines) is 1. The van der Waals surface area contributed by atoms with Gasteiger partial charge in [0, 0.05) is 24.7 Å². The van der Waals surface area contributed by atoms with Crippen molar-refractivity contribution in [2.45, 2.75) is 63.3 Å². The quantitative estimate of drug-likeness (QED) is 0.161. The first-order chi connectivity index (χ1) is 23.0. The third kappa shape index (κ3) is 5.67. The number of nitrogens with zero attached hydrogens (tertiary/aromatic N) is 5. The summed E-state index contributed by atoms with van der Waals surface area (Å²) in [6.45, 7) is 5.35. The van der Waals surface area contributed by atoms with Crippen molar-refractivity contribution in [1.82, 2.24) is 24.6 Å². The van der Waals surface area contributed by atoms with Crippen LogP contribution in [0.5, 0.6) is 11.5 Å². The maximum absolute atomic E-state index is 13.7. The summed E-state index contributed by atoms with van der Waals surface area (Å²) in [4.78, 5) is 10.8. The number of imidazole rings is 1. The minimum absolute atomic E-state index is 0.0796. The Morgan fingerprint density at radius 3 is 2.52 bits per heavy atom. The number of alkyl halides is 3. The second-order valence-corrected chi connectivity index (χ2v) is 13.0. The number of halogens is 5. The van der Waals surface area contributed by atoms with Gasteiger partial charge in [-0.15, -0.1) is 0 Å². The molecule has 0 aliphatic carbocycles. The fraction of sp³-hybridized carbons (Fsp3) is 0.382. The van der Waals surface area contributed by atoms with E-state index in [1.807, 2.05) is 18.2 Å². The Labute approximate surface area is 277 Å². The van der Waals surface area contributed by atoms with Crippen molar-refractivity contribution >= 4 is 22.6 Å². The third-order valence-corrected chi connectivity index (χ3v) is 9.67. The van der Waals surface area contributed by atoms with E-state index >= 15 is 0 Å². The summed E-state index contributed by atoms with van der Waals surface area (Å²) < 4.78 is 77.9. The first-order valence-corrected chi connectivity index (χ1v) is 16.1. The van der Waals surface area contributed by atoms with Crippen molar-refractivity contribution < 1.29 is 36.3 Å². The Balaban J connectivity index is 0.998. The molecule has 2 fully saturated rings. The van der Waals surface area contributed by atoms with Crippen LogP contribution in [0.2, 0.25) is 5.02 Å². The Hall–Kier alpha value is -4.20. The zero-order valence-electron chi connectivity index (χ0n) is 25.8. The SMILES string of the molecule is CC1(c2ccc(F)cc2Cl)Oc2cccc(C3CCN(Cc4nc5cc(-c6noc(C(F)(F)F)n6)ccc5n4C[C@@H]4CCO4)CC3)c2O1. The van der Waals surface area contributed by atoms with Crippen LogP contribution in [0, 0.1) is 5.82 Å². The predicted molar refractivity (Wildman–Crippen MR) is 166 cm³/mol. The van der Waals surface area contributed by atoms with Crippen molar-refractivity contribution in [3.63, 3.8) is 0 Å². The van der Waals surface area contributed by atoms with Crippen molar-refractivity contribution in [2.75, 3.05) is 19.7 Å². The van der Waals surface area contributed by atoms with Gasteiger partial charge in [0.05, 0.1) is 40.8 Å². The van der Waals surface area contributed by atoms with Gasteiger partial charge < -0.3 is 23.3 Å². The second-order valence-electron chi connectivity index (χ2n) is 12.5. The fourth-order valence-electron chi connectivity index (χ4n) is 6.77. The molecule has 2 aromatic heterocycles. The van der Waals surface area contributed by atoms with E-state index in [0.29, 0.717) is 41.2 Å². The molecular weight excluding hydrogens is 654 g/mol. The highest BCUT2D eigenvalue weighted by Gasteiger charge is 2.43. The van der Waals surface area contributed by atoms with E-state index in [-0.39, 0.29) is 22.9 Å². The van der Waals surface area contributed by atoms with Crippen LogP contribution < -0.4 is 9.47 Å². The van der Waals surface area contributed by atoms with Crippen LogP contribution in [0.3, 0.4) is 0 Å². The molecule has 0 N–H and O–H groups in total. The molecule has 14 heteroatoms. The number of piperidine rings is 1. The van der Waals surface area contributed by atoms with Gasteiger partial charge in [0.2, 0.25) is 5.82 Å². The lowest BCUT2D eigenvalue weighted by Crippen LogP contribution is -2.35. The Morgan fingerprint density at radius 2 is 1.81 bits per heavy atom. The van der Waals surface area contributed by atoms with Crippen molar-refractivity contribution in [1.29, 1.82) is 0 Å². The highest BCUT2D eigenvalue weighted by molar-refractivity contribution is 6.31. The van der Waals surface area contributed by atoms with Crippen molar-refractivity contribution in [3.8, 4) is 22.9 Å². The molecule has 0 spiro atoms. The van der Waals surface area contributed by atoms with Crippen LogP contribution in [-0.2, 0) is 29.8 Å². The molecule has 9 nitrogen and oxygen atoms in total. The van der Waals surface area contributed by atoms with E-state index in [2.05, 4.69) is 30.2 Å². The smallest absolute Gasteiger partial charge is 0.444 e. The molecule has 3 aliphatic rings. The van der Waals surface area contributed by atoms with Crippen LogP contribution in [0.25, 0.3) is 22.4 Å². The number of aromatic nitrogens is 4. The van der Waals surface area contributed by atoms with Gasteiger partial charge in [-0.1, -0.05) is 28.9 Å². The van der Waals surface area contributed by atoms with Gasteiger partial charge in [-0.2, -0.15) is 18.2 Å². The van der Waals surface area contributed by atoms with Gasteiger partial charge in [-0.05, 0) is 80.7 Å². The first-order valence-electron chi connectivity index (χ1n) is 15.7. The number of fused-ring (bicyclic) bond motifs is 2. The molecule has 3 aromatic carbocycles. The standard InChI is InChI=1S/C34H30ClF4N5O4/c1-33(24-7-6-21(36)16-25(24)35)46-28-4-2-3-23(30(28)47-33)19-9-12-43(13-10-19)18-29-40-26-15-20(31-41-32(48-42-31)34(37,38)39)5-8-27(26)44(29)17-22-11-14-45-22/h2-8,15-16,19,22H,9-14,17-18H2,1H3/t22-,33?/m0/s1. The lowest BCUT2D eigenvalue weighted by Gasteiger charge is -2.33. The van der Waals surface area contributed by atoms with Crippen molar-refractivity contribution in [3.05, 3.63) is 88.3 Å². The van der Waals surface area contributed by atoms with E-state index in [4.69, 9.17) is 30.8 Å². The number of para-hydroxylation sites is 1. The molecule has 5 aromatic rings. The fourth-order valence-corrected chi connectivity index (χ4v) is 7.11. The Morgan fingerprint density at radius 1 is 1.00 bits per heavy atom. The summed E-state index contributed by atoms with van der Waals surface area (Å²) in [6, 6.07) is 15.3. The normalized spacial score (nSPS) is 21.6. The van der Waals surface area contributed by atoms with Gasteiger partial charge in [0.1, 0.15) is 11.6 Å². The lowest BCUT2D eigenvalue weighted by molar-refractivity contribution is -0.159. The molecule has 1 unspecified atom stereocenters. The van der Waals surface area contributed by atoms with E-state index in [1.165, 1.54) is 12.1 Å². The highest BCUT2D eigenvalue weighted by Crippen LogP contribution is 2.50.